The molecule has 6 N–H and O–H groups in total. The molecule has 0 aromatic carbocycles. The number of aromatic nitrogens is 18. The van der Waals surface area contributed by atoms with Crippen LogP contribution < -0.4 is 33.4 Å². The van der Waals surface area contributed by atoms with Crippen molar-refractivity contribution in [2.24, 2.45) is 0 Å². The Morgan fingerprint density at radius 1 is 0.301 bits per heavy atom. The van der Waals surface area contributed by atoms with Crippen LogP contribution in [-0.4, -0.2) is 89.7 Å². The van der Waals surface area contributed by atoms with Gasteiger partial charge in [-0.15, -0.1) is 0 Å². The summed E-state index contributed by atoms with van der Waals surface area (Å²) in [6, 6.07) is 8.33. The molecule has 12 heterocycles. The highest BCUT2D eigenvalue weighted by Gasteiger charge is 2.35. The van der Waals surface area contributed by atoms with Crippen LogP contribution in [0.5, 0.6) is 0 Å². The zero-order chi connectivity index (χ0) is 83.0. The molecule has 0 amide bonds. The molecular weight excluding hydrogens is 1750 g/mol. The van der Waals surface area contributed by atoms with Crippen molar-refractivity contribution in [3.05, 3.63) is 303 Å². The summed E-state index contributed by atoms with van der Waals surface area (Å²) in [4.78, 5) is 130. The van der Waals surface area contributed by atoms with Crippen molar-refractivity contribution in [2.75, 3.05) is 0 Å². The fourth-order valence-corrected chi connectivity index (χ4v) is 16.5. The number of aryl methyl sites for hydroxylation is 8. The number of H-pyrrole nitrogens is 6. The Morgan fingerprint density at radius 3 is 0.770 bits per heavy atom. The molecule has 0 fully saturated rings. The summed E-state index contributed by atoms with van der Waals surface area (Å²) in [6.07, 6.45) is 7.93. The number of pyridine rings is 6. The maximum Gasteiger partial charge on any atom is 0.418 e. The zero-order valence-electron chi connectivity index (χ0n) is 59.5. The van der Waals surface area contributed by atoms with Crippen LogP contribution in [0.15, 0.2) is 158 Å². The third kappa shape index (κ3) is 29.9. The molecular formula is C69H58Cl7F7N18O6S6. The molecule has 113 heavy (non-hydrogen) atoms. The lowest BCUT2D eigenvalue weighted by atomic mass is 10.1. The Bertz CT molecular complexity index is 5200. The Kier molecular flexibility index (Phi) is 35.9. The molecule has 0 atom stereocenters. The van der Waals surface area contributed by atoms with Crippen LogP contribution in [0.4, 0.5) is 30.7 Å². The molecule has 24 nitrogen and oxygen atoms in total. The first-order valence-electron chi connectivity index (χ1n) is 31.8. The van der Waals surface area contributed by atoms with Crippen LogP contribution in [-0.2, 0) is 40.7 Å². The molecule has 0 aliphatic heterocycles. The average molecular weight is 1810 g/mol. The standard InChI is InChI=1S/C12H9ClF3N3OS.2C12H12FN3OS.C11H7Cl4N3OS.2C11H9ClFN3OS/c1-6-2-10(20)19-11(18-6)21-5-7-8(12(14,15)16)3-17-4-9(7)13;2*1-7-4-14-5-10(13)9(7)6-18-12-15-8(2)3-11(17)16-12;1-4-2-6(19)17-11(16-4)20-3-5-7(12)9(14)18-10(15)8(5)13;2*1-6-2-10(17)16-11(15-6)18-5-7-8(12)3-14-4-9(7)13/h2-4H,5H2,1H3,(H,18,19,20);2*3-5H,6H2,1-2H3,(H,15,16,17);2H,3H2,1H3,(H,16,17,19);2*2-4H,5H2,1H3,(H,15,16,17). The van der Waals surface area contributed by atoms with E-state index in [9.17, 15) is 59.5 Å². The van der Waals surface area contributed by atoms with Gasteiger partial charge in [-0.1, -0.05) is 152 Å². The van der Waals surface area contributed by atoms with E-state index in [0.29, 0.717) is 105 Å². The van der Waals surface area contributed by atoms with E-state index >= 15 is 0 Å². The Balaban J connectivity index is 0.000000188. The third-order valence-corrected chi connectivity index (χ3v) is 21.9. The van der Waals surface area contributed by atoms with Gasteiger partial charge in [-0.25, -0.2) is 52.4 Å². The normalized spacial score (nSPS) is 10.8. The molecule has 594 valence electrons. The summed E-state index contributed by atoms with van der Waals surface area (Å²) in [5, 5.41) is 3.66. The van der Waals surface area contributed by atoms with Crippen molar-refractivity contribution in [1.82, 2.24) is 89.7 Å². The maximum atomic E-state index is 13.5. The first-order valence-corrected chi connectivity index (χ1v) is 40.3. The summed E-state index contributed by atoms with van der Waals surface area (Å²) in [5.41, 5.74) is 5.20. The molecule has 0 bridgehead atoms. The predicted molar refractivity (Wildman–Crippen MR) is 430 cm³/mol. The van der Waals surface area contributed by atoms with Gasteiger partial charge in [0.05, 0.1) is 55.5 Å². The number of nitrogens with zero attached hydrogens (tertiary/aromatic N) is 12. The molecule has 44 heteroatoms. The van der Waals surface area contributed by atoms with Crippen LogP contribution in [0, 0.1) is 78.7 Å². The second-order valence-electron chi connectivity index (χ2n) is 22.8. The third-order valence-electron chi connectivity index (χ3n) is 14.0. The van der Waals surface area contributed by atoms with Crippen molar-refractivity contribution in [2.45, 2.75) is 127 Å². The van der Waals surface area contributed by atoms with E-state index in [1.165, 1.54) is 120 Å². The van der Waals surface area contributed by atoms with Crippen molar-refractivity contribution >= 4 is 152 Å². The number of rotatable bonds is 18. The van der Waals surface area contributed by atoms with Gasteiger partial charge in [0.1, 0.15) is 33.6 Å². The quantitative estimate of drug-likeness (QED) is 0.0201. The van der Waals surface area contributed by atoms with Gasteiger partial charge < -0.3 is 29.9 Å². The average Bonchev–Trinajstić information content (AvgIpc) is 0.778. The SMILES string of the molecule is Cc1cc(=O)[nH]c(SCc2c(C)cncc2F)n1.Cc1cc(=O)[nH]c(SCc2c(C)cncc2F)n1.Cc1cc(=O)[nH]c(SCc2c(Cl)c(Cl)nc(Cl)c2Cl)n1.Cc1cc(=O)[nH]c(SCc2c(Cl)cncc2C(F)(F)F)n1.Cc1cc(=O)[nH]c(SCc2c(F)cncc2Cl)n1.Cc1cc(=O)[nH]c(SCc2c(F)cncc2Cl)n1. The van der Waals surface area contributed by atoms with Gasteiger partial charge >= 0.3 is 6.18 Å². The maximum absolute atomic E-state index is 13.5. The van der Waals surface area contributed by atoms with Crippen molar-refractivity contribution in [1.29, 1.82) is 0 Å². The number of alkyl halides is 3. The van der Waals surface area contributed by atoms with Gasteiger partial charge in [0.15, 0.2) is 30.9 Å². The second kappa shape index (κ2) is 44.1. The van der Waals surface area contributed by atoms with Crippen LogP contribution >= 0.6 is 152 Å². The van der Waals surface area contributed by atoms with Crippen LogP contribution in [0.3, 0.4) is 0 Å². The van der Waals surface area contributed by atoms with Crippen molar-refractivity contribution in [3.8, 4) is 0 Å². The lowest BCUT2D eigenvalue weighted by Gasteiger charge is -2.13. The minimum Gasteiger partial charge on any atom is -0.301 e. The highest BCUT2D eigenvalue weighted by molar-refractivity contribution is 7.99. The fraction of sp³-hybridized carbons (Fsp3) is 0.217. The first kappa shape index (κ1) is 92.0. The monoisotopic (exact) mass is 1800 g/mol. The Morgan fingerprint density at radius 2 is 0.522 bits per heavy atom. The lowest BCUT2D eigenvalue weighted by molar-refractivity contribution is -0.138. The number of halogens is 14. The molecule has 12 aromatic rings. The van der Waals surface area contributed by atoms with Gasteiger partial charge in [-0.05, 0) is 72.1 Å². The van der Waals surface area contributed by atoms with E-state index in [0.717, 1.165) is 47.7 Å². The predicted octanol–water partition coefficient (Wildman–Crippen LogP) is 17.4. The molecule has 0 spiro atoms. The molecule has 0 aliphatic carbocycles. The molecule has 12 rings (SSSR count). The Hall–Kier alpha value is -8.18. The summed E-state index contributed by atoms with van der Waals surface area (Å²) in [6.45, 7) is 13.9. The highest BCUT2D eigenvalue weighted by atomic mass is 35.5. The van der Waals surface area contributed by atoms with E-state index in [4.69, 9.17) is 81.2 Å². The van der Waals surface area contributed by atoms with Crippen molar-refractivity contribution in [3.63, 3.8) is 0 Å². The molecule has 12 aromatic heterocycles. The molecule has 0 saturated heterocycles. The summed E-state index contributed by atoms with van der Waals surface area (Å²) in [7, 11) is 0. The largest absolute Gasteiger partial charge is 0.418 e. The number of thioether (sulfide) groups is 6. The van der Waals surface area contributed by atoms with Crippen LogP contribution in [0.25, 0.3) is 0 Å². The van der Waals surface area contributed by atoms with E-state index in [2.05, 4.69) is 89.7 Å². The lowest BCUT2D eigenvalue weighted by Crippen LogP contribution is -2.11. The van der Waals surface area contributed by atoms with Gasteiger partial charge in [0.2, 0.25) is 0 Å². The number of hydrogen-bond acceptors (Lipinski definition) is 24. The number of hydrogen-bond donors (Lipinski definition) is 6. The highest BCUT2D eigenvalue weighted by Crippen LogP contribution is 2.39. The van der Waals surface area contributed by atoms with Gasteiger partial charge in [0.25, 0.3) is 33.4 Å². The van der Waals surface area contributed by atoms with E-state index in [-0.39, 0.29) is 108 Å². The molecule has 0 unspecified atom stereocenters. The van der Waals surface area contributed by atoms with Gasteiger partial charge in [-0.3, -0.25) is 53.7 Å². The molecule has 0 radical (unpaired) electrons. The summed E-state index contributed by atoms with van der Waals surface area (Å²) in [5.74, 6) is 0.0393. The first-order chi connectivity index (χ1) is 53.4. The minimum atomic E-state index is -4.54. The second-order valence-corrected chi connectivity index (χ2v) is 31.3. The van der Waals surface area contributed by atoms with Gasteiger partial charge in [0, 0.05) is 170 Å². The molecule has 0 aliphatic rings. The van der Waals surface area contributed by atoms with Crippen molar-refractivity contribution < 1.29 is 30.7 Å². The van der Waals surface area contributed by atoms with Gasteiger partial charge in [-0.2, -0.15) is 13.2 Å². The fourth-order valence-electron chi connectivity index (χ4n) is 8.71. The van der Waals surface area contributed by atoms with Crippen LogP contribution in [0.2, 0.25) is 35.4 Å². The minimum absolute atomic E-state index is 0.0766. The summed E-state index contributed by atoms with van der Waals surface area (Å²) >= 11 is 48.6. The van der Waals surface area contributed by atoms with E-state index in [1.54, 1.807) is 67.8 Å². The van der Waals surface area contributed by atoms with E-state index < -0.39 is 23.4 Å². The topological polar surface area (TPSA) is 352 Å². The number of nitrogens with one attached hydrogen (secondary N) is 6. The van der Waals surface area contributed by atoms with Crippen LogP contribution in [0.1, 0.15) is 84.2 Å². The summed E-state index contributed by atoms with van der Waals surface area (Å²) < 4.78 is 92.7. The van der Waals surface area contributed by atoms with E-state index in [1.807, 2.05) is 0 Å². The molecule has 0 saturated carbocycles. The Labute approximate surface area is 697 Å². The zero-order valence-corrected chi connectivity index (χ0v) is 69.7. The smallest absolute Gasteiger partial charge is 0.301 e. The number of aromatic amines is 6.